The largest absolute Gasteiger partial charge is 0.496 e. The van der Waals surface area contributed by atoms with E-state index in [1.807, 2.05) is 0 Å². The van der Waals surface area contributed by atoms with E-state index in [-0.39, 0.29) is 23.5 Å². The van der Waals surface area contributed by atoms with Crippen LogP contribution in [0.25, 0.3) is 0 Å². The summed E-state index contributed by atoms with van der Waals surface area (Å²) in [6.07, 6.45) is 0. The fourth-order valence-corrected chi connectivity index (χ4v) is 2.11. The number of ether oxygens (including phenoxy) is 2. The summed E-state index contributed by atoms with van der Waals surface area (Å²) in [6, 6.07) is 7.78. The molecule has 8 heteroatoms. The lowest BCUT2D eigenvalue weighted by Crippen LogP contribution is -2.07. The van der Waals surface area contributed by atoms with Gasteiger partial charge in [-0.25, -0.2) is 9.18 Å². The second kappa shape index (κ2) is 7.40. The molecule has 24 heavy (non-hydrogen) atoms. The molecule has 2 rings (SSSR count). The highest BCUT2D eigenvalue weighted by molar-refractivity contribution is 5.91. The maximum Gasteiger partial charge on any atom is 0.338 e. The summed E-state index contributed by atoms with van der Waals surface area (Å²) in [5, 5.41) is 13.7. The molecule has 0 aliphatic rings. The zero-order valence-electron chi connectivity index (χ0n) is 13.0. The van der Waals surface area contributed by atoms with Gasteiger partial charge in [0.05, 0.1) is 17.6 Å². The van der Waals surface area contributed by atoms with Gasteiger partial charge in [0.2, 0.25) is 0 Å². The number of anilines is 1. The Hall–Kier alpha value is -3.16. The minimum Gasteiger partial charge on any atom is -0.496 e. The Bertz CT molecular complexity index is 779. The molecule has 0 aliphatic heterocycles. The van der Waals surface area contributed by atoms with Gasteiger partial charge >= 0.3 is 5.97 Å². The second-order valence-corrected chi connectivity index (χ2v) is 4.77. The van der Waals surface area contributed by atoms with Gasteiger partial charge in [0.25, 0.3) is 5.69 Å². The minimum atomic E-state index is -0.757. The molecule has 126 valence electrons. The number of nitrogens with zero attached hydrogens (tertiary/aromatic N) is 1. The normalized spacial score (nSPS) is 10.1. The van der Waals surface area contributed by atoms with Crippen molar-refractivity contribution in [1.82, 2.24) is 0 Å². The molecule has 7 nitrogen and oxygen atoms in total. The maximum absolute atomic E-state index is 13.3. The molecular weight excluding hydrogens is 319 g/mol. The molecule has 0 aliphatic carbocycles. The molecule has 2 aromatic rings. The molecule has 0 heterocycles. The third-order valence-electron chi connectivity index (χ3n) is 3.30. The average molecular weight is 334 g/mol. The van der Waals surface area contributed by atoms with Crippen LogP contribution < -0.4 is 10.1 Å². The van der Waals surface area contributed by atoms with Crippen LogP contribution in [-0.2, 0) is 11.3 Å². The van der Waals surface area contributed by atoms with Crippen LogP contribution in [0.3, 0.4) is 0 Å². The van der Waals surface area contributed by atoms with E-state index in [0.717, 1.165) is 6.07 Å². The first-order valence-corrected chi connectivity index (χ1v) is 6.92. The van der Waals surface area contributed by atoms with Crippen LogP contribution in [0.2, 0.25) is 0 Å². The number of methoxy groups -OCH3 is 1. The molecule has 0 amide bonds. The fourth-order valence-electron chi connectivity index (χ4n) is 2.11. The number of hydrogen-bond donors (Lipinski definition) is 1. The number of carbonyl (C=O) groups excluding carboxylic acids is 1. The topological polar surface area (TPSA) is 90.7 Å². The number of hydrogen-bond acceptors (Lipinski definition) is 6. The number of carbonyl (C=O) groups is 1. The van der Waals surface area contributed by atoms with Crippen LogP contribution >= 0.6 is 0 Å². The van der Waals surface area contributed by atoms with Crippen LogP contribution in [0.15, 0.2) is 36.4 Å². The minimum absolute atomic E-state index is 0.0241. The van der Waals surface area contributed by atoms with Gasteiger partial charge < -0.3 is 14.8 Å². The molecule has 0 bridgehead atoms. The number of esters is 1. The smallest absolute Gasteiger partial charge is 0.338 e. The lowest BCUT2D eigenvalue weighted by molar-refractivity contribution is -0.384. The first-order valence-electron chi connectivity index (χ1n) is 6.92. The Labute approximate surface area is 137 Å². The monoisotopic (exact) mass is 334 g/mol. The second-order valence-electron chi connectivity index (χ2n) is 4.77. The molecule has 0 saturated carbocycles. The van der Waals surface area contributed by atoms with E-state index in [2.05, 4.69) is 5.32 Å². The third kappa shape index (κ3) is 3.78. The average Bonchev–Trinajstić information content (AvgIpc) is 2.59. The first kappa shape index (κ1) is 17.2. The van der Waals surface area contributed by atoms with E-state index in [4.69, 9.17) is 9.47 Å². The first-order chi connectivity index (χ1) is 11.5. The van der Waals surface area contributed by atoms with Gasteiger partial charge in [-0.05, 0) is 30.3 Å². The molecule has 0 atom stereocenters. The summed E-state index contributed by atoms with van der Waals surface area (Å²) < 4.78 is 23.4. The third-order valence-corrected chi connectivity index (χ3v) is 3.30. The number of nitro benzene ring substituents is 1. The summed E-state index contributed by atoms with van der Waals surface area (Å²) in [4.78, 5) is 22.5. The van der Waals surface area contributed by atoms with Crippen LogP contribution in [0.4, 0.5) is 15.8 Å². The lowest BCUT2D eigenvalue weighted by Gasteiger charge is -2.10. The van der Waals surface area contributed by atoms with E-state index in [1.165, 1.54) is 44.5 Å². The summed E-state index contributed by atoms with van der Waals surface area (Å²) in [7, 11) is 2.95. The number of rotatable bonds is 6. The number of nitro groups is 1. The molecule has 0 saturated heterocycles. The van der Waals surface area contributed by atoms with Crippen molar-refractivity contribution in [2.75, 3.05) is 19.5 Å². The van der Waals surface area contributed by atoms with Gasteiger partial charge in [0.1, 0.15) is 23.9 Å². The molecular formula is C16H15FN2O5. The van der Waals surface area contributed by atoms with Crippen molar-refractivity contribution in [2.24, 2.45) is 0 Å². The summed E-state index contributed by atoms with van der Waals surface area (Å²) in [6.45, 7) is -0.221. The lowest BCUT2D eigenvalue weighted by atomic mass is 10.1. The number of nitrogens with one attached hydrogen (secondary N) is 1. The number of benzene rings is 2. The fraction of sp³-hybridized carbons (Fsp3) is 0.188. The Kier molecular flexibility index (Phi) is 5.31. The van der Waals surface area contributed by atoms with Crippen molar-refractivity contribution < 1.29 is 23.6 Å². The van der Waals surface area contributed by atoms with Gasteiger partial charge in [-0.15, -0.1) is 0 Å². The SMILES string of the molecule is CNc1ccc(C(=O)OCc2cc(F)ccc2OC)cc1[N+](=O)[O-]. The van der Waals surface area contributed by atoms with Crippen molar-refractivity contribution in [3.05, 3.63) is 63.5 Å². The predicted octanol–water partition coefficient (Wildman–Crippen LogP) is 3.14. The Morgan fingerprint density at radius 3 is 2.67 bits per heavy atom. The quantitative estimate of drug-likeness (QED) is 0.496. The van der Waals surface area contributed by atoms with E-state index < -0.39 is 16.7 Å². The van der Waals surface area contributed by atoms with Crippen LogP contribution in [-0.4, -0.2) is 25.1 Å². The van der Waals surface area contributed by atoms with E-state index in [9.17, 15) is 19.3 Å². The summed E-state index contributed by atoms with van der Waals surface area (Å²) >= 11 is 0. The van der Waals surface area contributed by atoms with Gasteiger partial charge in [0.15, 0.2) is 0 Å². The van der Waals surface area contributed by atoms with Crippen molar-refractivity contribution in [3.8, 4) is 5.75 Å². The maximum atomic E-state index is 13.3. The molecule has 0 unspecified atom stereocenters. The van der Waals surface area contributed by atoms with Gasteiger partial charge in [-0.3, -0.25) is 10.1 Å². The van der Waals surface area contributed by atoms with Crippen molar-refractivity contribution in [2.45, 2.75) is 6.61 Å². The zero-order valence-corrected chi connectivity index (χ0v) is 13.0. The number of halogens is 1. The molecule has 0 aromatic heterocycles. The van der Waals surface area contributed by atoms with Crippen molar-refractivity contribution in [1.29, 1.82) is 0 Å². The van der Waals surface area contributed by atoms with Gasteiger partial charge in [-0.2, -0.15) is 0 Å². The molecule has 2 aromatic carbocycles. The highest BCUT2D eigenvalue weighted by atomic mass is 19.1. The Balaban J connectivity index is 2.17. The van der Waals surface area contributed by atoms with E-state index in [0.29, 0.717) is 11.3 Å². The van der Waals surface area contributed by atoms with Crippen molar-refractivity contribution in [3.63, 3.8) is 0 Å². The van der Waals surface area contributed by atoms with Crippen molar-refractivity contribution >= 4 is 17.3 Å². The highest BCUT2D eigenvalue weighted by Gasteiger charge is 2.18. The predicted molar refractivity (Wildman–Crippen MR) is 84.7 cm³/mol. The summed E-state index contributed by atoms with van der Waals surface area (Å²) in [5.41, 5.74) is 0.418. The Morgan fingerprint density at radius 1 is 1.29 bits per heavy atom. The van der Waals surface area contributed by atoms with Crippen LogP contribution in [0.1, 0.15) is 15.9 Å². The van der Waals surface area contributed by atoms with E-state index >= 15 is 0 Å². The molecule has 0 spiro atoms. The molecule has 0 radical (unpaired) electrons. The van der Waals surface area contributed by atoms with E-state index in [1.54, 1.807) is 0 Å². The molecule has 0 fully saturated rings. The standard InChI is InChI=1S/C16H15FN2O5/c1-18-13-5-3-10(8-14(13)19(21)22)16(20)24-9-11-7-12(17)4-6-15(11)23-2/h3-8,18H,9H2,1-2H3. The van der Waals surface area contributed by atoms with Gasteiger partial charge in [-0.1, -0.05) is 0 Å². The summed E-state index contributed by atoms with van der Waals surface area (Å²) in [5.74, 6) is -0.872. The van der Waals surface area contributed by atoms with Crippen LogP contribution in [0.5, 0.6) is 5.75 Å². The van der Waals surface area contributed by atoms with Gasteiger partial charge in [0, 0.05) is 18.7 Å². The zero-order chi connectivity index (χ0) is 17.7. The van der Waals surface area contributed by atoms with Crippen LogP contribution in [0, 0.1) is 15.9 Å². The highest BCUT2D eigenvalue weighted by Crippen LogP contribution is 2.26. The Morgan fingerprint density at radius 2 is 2.04 bits per heavy atom. The molecule has 1 N–H and O–H groups in total.